The fraction of sp³-hybridized carbons (Fsp3) is 0.133. The fourth-order valence-corrected chi connectivity index (χ4v) is 1.68. The molecule has 2 aromatic carbocycles. The number of rotatable bonds is 4. The van der Waals surface area contributed by atoms with Crippen molar-refractivity contribution in [3.63, 3.8) is 0 Å². The quantitative estimate of drug-likeness (QED) is 0.459. The Hall–Kier alpha value is -2.77. The Morgan fingerprint density at radius 1 is 0.957 bits per heavy atom. The molecule has 0 aromatic heterocycles. The third-order valence-corrected chi connectivity index (χ3v) is 2.72. The van der Waals surface area contributed by atoms with Crippen LogP contribution in [0, 0.1) is 23.3 Å². The van der Waals surface area contributed by atoms with Crippen LogP contribution in [-0.4, -0.2) is 12.6 Å². The van der Waals surface area contributed by atoms with E-state index in [1.54, 1.807) is 0 Å². The summed E-state index contributed by atoms with van der Waals surface area (Å²) < 4.78 is 59.0. The van der Waals surface area contributed by atoms with Gasteiger partial charge in [0.2, 0.25) is 0 Å². The highest BCUT2D eigenvalue weighted by atomic mass is 19.1. The molecule has 120 valence electrons. The van der Waals surface area contributed by atoms with E-state index in [-0.39, 0.29) is 12.2 Å². The van der Waals surface area contributed by atoms with Gasteiger partial charge in [0.1, 0.15) is 0 Å². The third-order valence-electron chi connectivity index (χ3n) is 2.72. The lowest BCUT2D eigenvalue weighted by Gasteiger charge is -2.04. The van der Waals surface area contributed by atoms with Gasteiger partial charge in [-0.1, -0.05) is 6.07 Å². The van der Waals surface area contributed by atoms with Crippen LogP contribution in [0.3, 0.4) is 0 Å². The summed E-state index contributed by atoms with van der Waals surface area (Å²) in [7, 11) is 0. The lowest BCUT2D eigenvalue weighted by Crippen LogP contribution is -2.05. The first-order chi connectivity index (χ1) is 10.9. The molecule has 0 radical (unpaired) electrons. The molecule has 0 spiro atoms. The first-order valence-electron chi connectivity index (χ1n) is 6.46. The average Bonchev–Trinajstić information content (AvgIpc) is 2.49. The molecule has 0 fully saturated rings. The van der Waals surface area contributed by atoms with Gasteiger partial charge in [0.25, 0.3) is 0 Å². The Labute approximate surface area is 128 Å². The maximum atomic E-state index is 13.8. The van der Waals surface area contributed by atoms with E-state index in [1.165, 1.54) is 6.92 Å². The topological polar surface area (TPSA) is 51.0 Å². The molecular formula is C15H10F4N2O2. The first kappa shape index (κ1) is 16.6. The van der Waals surface area contributed by atoms with Gasteiger partial charge in [-0.05, 0) is 31.2 Å². The van der Waals surface area contributed by atoms with Gasteiger partial charge >= 0.3 is 5.97 Å². The van der Waals surface area contributed by atoms with E-state index < -0.39 is 40.6 Å². The number of carbonyl (C=O) groups is 1. The molecule has 0 saturated carbocycles. The molecule has 0 bridgehead atoms. The van der Waals surface area contributed by atoms with Crippen LogP contribution in [0.15, 0.2) is 40.6 Å². The predicted molar refractivity (Wildman–Crippen MR) is 72.8 cm³/mol. The van der Waals surface area contributed by atoms with Gasteiger partial charge in [-0.25, -0.2) is 22.4 Å². The van der Waals surface area contributed by atoms with Crippen LogP contribution in [-0.2, 0) is 4.74 Å². The first-order valence-corrected chi connectivity index (χ1v) is 6.46. The van der Waals surface area contributed by atoms with Crippen molar-refractivity contribution in [2.75, 3.05) is 6.61 Å². The predicted octanol–water partition coefficient (Wildman–Crippen LogP) is 4.84. The van der Waals surface area contributed by atoms with Gasteiger partial charge in [0.15, 0.2) is 34.6 Å². The highest BCUT2D eigenvalue weighted by molar-refractivity contribution is 5.89. The van der Waals surface area contributed by atoms with E-state index in [0.29, 0.717) is 12.1 Å². The van der Waals surface area contributed by atoms with Crippen molar-refractivity contribution in [3.8, 4) is 0 Å². The number of benzene rings is 2. The number of halogens is 4. The molecule has 0 N–H and O–H groups in total. The lowest BCUT2D eigenvalue weighted by molar-refractivity contribution is 0.0525. The zero-order valence-electron chi connectivity index (χ0n) is 11.8. The third kappa shape index (κ3) is 3.71. The summed E-state index contributed by atoms with van der Waals surface area (Å²) in [6.45, 7) is 1.58. The summed E-state index contributed by atoms with van der Waals surface area (Å²) in [5.41, 5.74) is -2.00. The van der Waals surface area contributed by atoms with Crippen molar-refractivity contribution in [1.82, 2.24) is 0 Å². The Bertz CT molecular complexity index is 735. The van der Waals surface area contributed by atoms with E-state index in [4.69, 9.17) is 0 Å². The largest absolute Gasteiger partial charge is 0.462 e. The maximum Gasteiger partial charge on any atom is 0.338 e. The molecule has 2 aromatic rings. The van der Waals surface area contributed by atoms with Crippen molar-refractivity contribution in [2.45, 2.75) is 6.92 Å². The molecular weight excluding hydrogens is 316 g/mol. The summed E-state index contributed by atoms with van der Waals surface area (Å²) in [6, 6.07) is 4.36. The molecule has 0 unspecified atom stereocenters. The molecule has 2 rings (SSSR count). The summed E-state index contributed by atoms with van der Waals surface area (Å²) in [5.74, 6) is -5.40. The Kier molecular flexibility index (Phi) is 5.05. The SMILES string of the molecule is CCOC(=O)c1cc(F)c(N=Nc2c(F)cccc2F)c(F)c1. The number of nitrogens with zero attached hydrogens (tertiary/aromatic N) is 2. The van der Waals surface area contributed by atoms with E-state index in [2.05, 4.69) is 15.0 Å². The van der Waals surface area contributed by atoms with Crippen LogP contribution in [0.1, 0.15) is 17.3 Å². The molecule has 0 heterocycles. The Morgan fingerprint density at radius 3 is 1.91 bits per heavy atom. The zero-order valence-corrected chi connectivity index (χ0v) is 11.8. The number of azo groups is 1. The molecule has 0 aliphatic carbocycles. The molecule has 0 aliphatic rings. The van der Waals surface area contributed by atoms with Gasteiger partial charge in [0, 0.05) is 0 Å². The molecule has 23 heavy (non-hydrogen) atoms. The number of hydrogen-bond acceptors (Lipinski definition) is 4. The number of hydrogen-bond donors (Lipinski definition) is 0. The van der Waals surface area contributed by atoms with Crippen molar-refractivity contribution >= 4 is 17.3 Å². The van der Waals surface area contributed by atoms with Crippen molar-refractivity contribution in [3.05, 3.63) is 59.2 Å². The normalized spacial score (nSPS) is 11.0. The Morgan fingerprint density at radius 2 is 1.43 bits per heavy atom. The van der Waals surface area contributed by atoms with Gasteiger partial charge in [-0.2, -0.15) is 0 Å². The van der Waals surface area contributed by atoms with Crippen molar-refractivity contribution in [1.29, 1.82) is 0 Å². The van der Waals surface area contributed by atoms with E-state index in [1.807, 2.05) is 0 Å². The molecule has 0 atom stereocenters. The highest BCUT2D eigenvalue weighted by Gasteiger charge is 2.16. The monoisotopic (exact) mass is 326 g/mol. The standard InChI is InChI=1S/C15H10F4N2O2/c1-2-23-15(22)8-6-11(18)14(12(19)7-8)21-20-13-9(16)4-3-5-10(13)17/h3-7H,2H2,1H3. The number of ether oxygens (including phenoxy) is 1. The fourth-order valence-electron chi connectivity index (χ4n) is 1.68. The second-order valence-electron chi connectivity index (χ2n) is 4.28. The minimum Gasteiger partial charge on any atom is -0.462 e. The smallest absolute Gasteiger partial charge is 0.338 e. The lowest BCUT2D eigenvalue weighted by atomic mass is 10.2. The van der Waals surface area contributed by atoms with Crippen molar-refractivity contribution < 1.29 is 27.1 Å². The van der Waals surface area contributed by atoms with Crippen LogP contribution in [0.4, 0.5) is 28.9 Å². The minimum atomic E-state index is -1.21. The number of esters is 1. The highest BCUT2D eigenvalue weighted by Crippen LogP contribution is 2.28. The molecule has 8 heteroatoms. The summed E-state index contributed by atoms with van der Waals surface area (Å²) in [5, 5.41) is 6.37. The van der Waals surface area contributed by atoms with E-state index >= 15 is 0 Å². The molecule has 4 nitrogen and oxygen atoms in total. The van der Waals surface area contributed by atoms with Crippen LogP contribution in [0.5, 0.6) is 0 Å². The summed E-state index contributed by atoms with van der Waals surface area (Å²) in [6.07, 6.45) is 0. The Balaban J connectivity index is 2.38. The summed E-state index contributed by atoms with van der Waals surface area (Å²) in [4.78, 5) is 11.4. The second kappa shape index (κ2) is 6.99. The van der Waals surface area contributed by atoms with Gasteiger partial charge < -0.3 is 4.74 Å². The van der Waals surface area contributed by atoms with E-state index in [9.17, 15) is 22.4 Å². The van der Waals surface area contributed by atoms with Gasteiger partial charge in [-0.15, -0.1) is 10.2 Å². The van der Waals surface area contributed by atoms with Crippen LogP contribution >= 0.6 is 0 Å². The van der Waals surface area contributed by atoms with E-state index in [0.717, 1.165) is 18.2 Å². The summed E-state index contributed by atoms with van der Waals surface area (Å²) >= 11 is 0. The average molecular weight is 326 g/mol. The maximum absolute atomic E-state index is 13.8. The van der Waals surface area contributed by atoms with Crippen LogP contribution in [0.2, 0.25) is 0 Å². The second-order valence-corrected chi connectivity index (χ2v) is 4.28. The number of carbonyl (C=O) groups excluding carboxylic acids is 1. The zero-order chi connectivity index (χ0) is 17.0. The van der Waals surface area contributed by atoms with Crippen LogP contribution in [0.25, 0.3) is 0 Å². The molecule has 0 amide bonds. The minimum absolute atomic E-state index is 0.0378. The van der Waals surface area contributed by atoms with Gasteiger partial charge in [0.05, 0.1) is 12.2 Å². The molecule has 0 saturated heterocycles. The van der Waals surface area contributed by atoms with Crippen molar-refractivity contribution in [2.24, 2.45) is 10.2 Å². The molecule has 0 aliphatic heterocycles. The van der Waals surface area contributed by atoms with Crippen LogP contribution < -0.4 is 0 Å². The van der Waals surface area contributed by atoms with Gasteiger partial charge in [-0.3, -0.25) is 0 Å².